The fourth-order valence-corrected chi connectivity index (χ4v) is 5.00. The average Bonchev–Trinajstić information content (AvgIpc) is 3.25. The largest absolute Gasteiger partial charge is 0.380 e. The summed E-state index contributed by atoms with van der Waals surface area (Å²) in [5.41, 5.74) is 4.15. The number of hydrogen-bond acceptors (Lipinski definition) is 4. The highest BCUT2D eigenvalue weighted by atomic mass is 16.3. The first-order valence-electron chi connectivity index (χ1n) is 11.5. The monoisotopic (exact) mass is 455 g/mol. The molecule has 0 amide bonds. The molecule has 1 atom stereocenters. The molecule has 0 radical (unpaired) electrons. The highest BCUT2D eigenvalue weighted by Crippen LogP contribution is 2.44. The van der Waals surface area contributed by atoms with Gasteiger partial charge < -0.3 is 5.11 Å². The van der Waals surface area contributed by atoms with Gasteiger partial charge in [-0.15, -0.1) is 0 Å². The third-order valence-corrected chi connectivity index (χ3v) is 6.71. The molecule has 1 N–H and O–H groups in total. The van der Waals surface area contributed by atoms with Crippen LogP contribution in [-0.4, -0.2) is 22.4 Å². The van der Waals surface area contributed by atoms with Gasteiger partial charge in [0.1, 0.15) is 5.60 Å². The number of carbonyl (C=O) groups excluding carboxylic acids is 2. The van der Waals surface area contributed by atoms with Crippen LogP contribution in [0.15, 0.2) is 114 Å². The highest BCUT2D eigenvalue weighted by molar-refractivity contribution is 6.28. The Morgan fingerprint density at radius 2 is 1.23 bits per heavy atom. The first kappa shape index (κ1) is 21.1. The van der Waals surface area contributed by atoms with Crippen molar-refractivity contribution >= 4 is 28.5 Å². The molecule has 0 fully saturated rings. The van der Waals surface area contributed by atoms with Crippen LogP contribution in [0.2, 0.25) is 0 Å². The summed E-state index contributed by atoms with van der Waals surface area (Å²) >= 11 is 0. The summed E-state index contributed by atoms with van der Waals surface area (Å²) in [5.74, 6) is -0.329. The molecule has 0 spiro atoms. The van der Waals surface area contributed by atoms with Gasteiger partial charge in [-0.05, 0) is 41.0 Å². The summed E-state index contributed by atoms with van der Waals surface area (Å²) in [6.45, 7) is 0. The van der Waals surface area contributed by atoms with E-state index in [-0.39, 0.29) is 11.6 Å². The molecule has 0 bridgehead atoms. The molecule has 168 valence electrons. The lowest BCUT2D eigenvalue weighted by molar-refractivity contribution is 0.0979. The first-order valence-corrected chi connectivity index (χ1v) is 11.5. The molecule has 4 aromatic rings. The van der Waals surface area contributed by atoms with E-state index in [4.69, 9.17) is 4.99 Å². The van der Waals surface area contributed by atoms with Crippen molar-refractivity contribution in [2.45, 2.75) is 12.0 Å². The van der Waals surface area contributed by atoms with Crippen molar-refractivity contribution in [3.8, 4) is 0 Å². The third-order valence-electron chi connectivity index (χ3n) is 6.71. The van der Waals surface area contributed by atoms with Gasteiger partial charge in [-0.1, -0.05) is 84.9 Å². The van der Waals surface area contributed by atoms with E-state index in [1.807, 2.05) is 66.7 Å². The number of carbonyl (C=O) groups is 2. The van der Waals surface area contributed by atoms with Crippen molar-refractivity contribution in [3.63, 3.8) is 0 Å². The van der Waals surface area contributed by atoms with Gasteiger partial charge in [0.25, 0.3) is 0 Å². The molecule has 0 saturated heterocycles. The number of ketones is 2. The van der Waals surface area contributed by atoms with Gasteiger partial charge in [-0.3, -0.25) is 14.6 Å². The van der Waals surface area contributed by atoms with Gasteiger partial charge >= 0.3 is 0 Å². The standard InChI is InChI=1S/C31H21NO3/c33-29-24-13-7-8-14-25(24)30(34)27-17-22(15-16-26(27)29)32-23-18-28(20-9-3-1-4-10-20)31(35,19-23)21-11-5-2-6-12-21/h1-18,35H,19H2/t31-/m0/s1. The van der Waals surface area contributed by atoms with Crippen LogP contribution in [0.1, 0.15) is 49.4 Å². The maximum Gasteiger partial charge on any atom is 0.194 e. The Labute approximate surface area is 202 Å². The van der Waals surface area contributed by atoms with Crippen LogP contribution in [0.4, 0.5) is 5.69 Å². The summed E-state index contributed by atoms with van der Waals surface area (Å²) in [4.78, 5) is 30.8. The Kier molecular flexibility index (Phi) is 4.90. The number of aliphatic imine (C=N–C) groups is 1. The summed E-state index contributed by atoms with van der Waals surface area (Å²) in [6.07, 6.45) is 2.22. The van der Waals surface area contributed by atoms with Crippen molar-refractivity contribution < 1.29 is 14.7 Å². The van der Waals surface area contributed by atoms with Gasteiger partial charge in [-0.25, -0.2) is 0 Å². The van der Waals surface area contributed by atoms with Gasteiger partial charge in [-0.2, -0.15) is 0 Å². The summed E-state index contributed by atoms with van der Waals surface area (Å²) in [5, 5.41) is 11.9. The fraction of sp³-hybridized carbons (Fsp3) is 0.0645. The topological polar surface area (TPSA) is 66.7 Å². The third kappa shape index (κ3) is 3.47. The van der Waals surface area contributed by atoms with E-state index in [1.54, 1.807) is 42.5 Å². The Hall–Kier alpha value is -4.41. The molecule has 0 aliphatic heterocycles. The second kappa shape index (κ2) is 8.12. The predicted molar refractivity (Wildman–Crippen MR) is 136 cm³/mol. The van der Waals surface area contributed by atoms with E-state index >= 15 is 0 Å². The molecule has 0 saturated carbocycles. The lowest BCUT2D eigenvalue weighted by Gasteiger charge is -2.27. The molecular weight excluding hydrogens is 434 g/mol. The SMILES string of the molecule is O=C1c2ccccc2C(=O)c2cc(N=C3C=C(c4ccccc4)[C@@](O)(c4ccccc4)C3)ccc21. The number of rotatable bonds is 3. The smallest absolute Gasteiger partial charge is 0.194 e. The molecule has 6 rings (SSSR count). The first-order chi connectivity index (χ1) is 17.0. The zero-order valence-corrected chi connectivity index (χ0v) is 18.8. The van der Waals surface area contributed by atoms with Crippen LogP contribution in [0.5, 0.6) is 0 Å². The lowest BCUT2D eigenvalue weighted by Crippen LogP contribution is -2.25. The van der Waals surface area contributed by atoms with Crippen LogP contribution in [-0.2, 0) is 5.60 Å². The fourth-order valence-electron chi connectivity index (χ4n) is 5.00. The molecule has 0 unspecified atom stereocenters. The Morgan fingerprint density at radius 3 is 1.91 bits per heavy atom. The molecule has 2 aliphatic rings. The maximum atomic E-state index is 13.1. The van der Waals surface area contributed by atoms with Crippen molar-refractivity contribution in [1.29, 1.82) is 0 Å². The second-order valence-corrected chi connectivity index (χ2v) is 8.86. The van der Waals surface area contributed by atoms with E-state index in [0.717, 1.165) is 16.7 Å². The number of fused-ring (bicyclic) bond motifs is 2. The van der Waals surface area contributed by atoms with Crippen LogP contribution in [0, 0.1) is 0 Å². The van der Waals surface area contributed by atoms with Crippen molar-refractivity contribution in [3.05, 3.63) is 143 Å². The summed E-state index contributed by atoms with van der Waals surface area (Å²) < 4.78 is 0. The quantitative estimate of drug-likeness (QED) is 0.368. The Morgan fingerprint density at radius 1 is 0.657 bits per heavy atom. The normalized spacial score (nSPS) is 19.9. The van der Waals surface area contributed by atoms with Gasteiger partial charge in [0.05, 0.1) is 5.69 Å². The van der Waals surface area contributed by atoms with Crippen LogP contribution in [0.3, 0.4) is 0 Å². The lowest BCUT2D eigenvalue weighted by atomic mass is 9.83. The molecular formula is C31H21NO3. The number of benzene rings is 4. The minimum atomic E-state index is -1.22. The summed E-state index contributed by atoms with van der Waals surface area (Å²) in [7, 11) is 0. The molecule has 0 aromatic heterocycles. The molecule has 4 heteroatoms. The van der Waals surface area contributed by atoms with E-state index < -0.39 is 5.60 Å². The second-order valence-electron chi connectivity index (χ2n) is 8.86. The average molecular weight is 456 g/mol. The summed E-state index contributed by atoms with van der Waals surface area (Å²) in [6, 6.07) is 31.4. The zero-order valence-electron chi connectivity index (χ0n) is 18.8. The minimum Gasteiger partial charge on any atom is -0.380 e. The van der Waals surface area contributed by atoms with E-state index in [9.17, 15) is 14.7 Å². The Balaban J connectivity index is 1.43. The van der Waals surface area contributed by atoms with E-state index in [1.165, 1.54) is 0 Å². The van der Waals surface area contributed by atoms with Crippen LogP contribution >= 0.6 is 0 Å². The van der Waals surface area contributed by atoms with Gasteiger partial charge in [0, 0.05) is 34.4 Å². The van der Waals surface area contributed by atoms with Crippen molar-refractivity contribution in [2.24, 2.45) is 4.99 Å². The molecule has 35 heavy (non-hydrogen) atoms. The number of hydrogen-bond donors (Lipinski definition) is 1. The van der Waals surface area contributed by atoms with E-state index in [0.29, 0.717) is 40.1 Å². The maximum absolute atomic E-state index is 13.1. The van der Waals surface area contributed by atoms with Crippen molar-refractivity contribution in [1.82, 2.24) is 0 Å². The Bertz CT molecular complexity index is 1550. The van der Waals surface area contributed by atoms with Crippen LogP contribution in [0.25, 0.3) is 5.57 Å². The molecule has 4 aromatic carbocycles. The predicted octanol–water partition coefficient (Wildman–Crippen LogP) is 5.91. The molecule has 0 heterocycles. The number of allylic oxidation sites excluding steroid dienone is 1. The molecule has 4 nitrogen and oxygen atoms in total. The van der Waals surface area contributed by atoms with Gasteiger partial charge in [0.2, 0.25) is 0 Å². The zero-order chi connectivity index (χ0) is 24.0. The highest BCUT2D eigenvalue weighted by Gasteiger charge is 2.40. The number of aliphatic hydroxyl groups is 1. The number of nitrogens with zero attached hydrogens (tertiary/aromatic N) is 1. The van der Waals surface area contributed by atoms with Crippen molar-refractivity contribution in [2.75, 3.05) is 0 Å². The van der Waals surface area contributed by atoms with Crippen LogP contribution < -0.4 is 0 Å². The minimum absolute atomic E-state index is 0.153. The van der Waals surface area contributed by atoms with Gasteiger partial charge in [0.15, 0.2) is 11.6 Å². The van der Waals surface area contributed by atoms with E-state index in [2.05, 4.69) is 0 Å². The molecule has 2 aliphatic carbocycles.